The first-order valence-corrected chi connectivity index (χ1v) is 6.44. The lowest BCUT2D eigenvalue weighted by Gasteiger charge is -2.05. The third-order valence-corrected chi connectivity index (χ3v) is 2.93. The Morgan fingerprint density at radius 1 is 1.38 bits per heavy atom. The van der Waals surface area contributed by atoms with Crippen molar-refractivity contribution in [2.45, 2.75) is 13.3 Å². The Morgan fingerprint density at radius 3 is 3.00 bits per heavy atom. The van der Waals surface area contributed by atoms with Crippen molar-refractivity contribution in [1.82, 2.24) is 20.1 Å². The van der Waals surface area contributed by atoms with Crippen molar-refractivity contribution in [2.24, 2.45) is 0 Å². The van der Waals surface area contributed by atoms with Crippen molar-refractivity contribution < 1.29 is 4.52 Å². The maximum absolute atomic E-state index is 12.0. The average molecular weight is 286 g/mol. The summed E-state index contributed by atoms with van der Waals surface area (Å²) in [5.41, 5.74) is 6.54. The van der Waals surface area contributed by atoms with E-state index in [4.69, 9.17) is 10.3 Å². The molecule has 0 unspecified atom stereocenters. The SMILES string of the molecule is Cc1noc(CCNc2nc3ccc(N)cc3c(=O)[nH]2)n1. The molecule has 0 bridgehead atoms. The second kappa shape index (κ2) is 5.23. The second-order valence-corrected chi connectivity index (χ2v) is 4.60. The highest BCUT2D eigenvalue weighted by atomic mass is 16.5. The monoisotopic (exact) mass is 286 g/mol. The van der Waals surface area contributed by atoms with Crippen molar-refractivity contribution in [3.8, 4) is 0 Å². The maximum Gasteiger partial charge on any atom is 0.260 e. The topological polar surface area (TPSA) is 123 Å². The van der Waals surface area contributed by atoms with Gasteiger partial charge in [0, 0.05) is 18.7 Å². The number of rotatable bonds is 4. The number of fused-ring (bicyclic) bond motifs is 1. The molecular formula is C13H14N6O2. The van der Waals surface area contributed by atoms with Crippen LogP contribution in [0.2, 0.25) is 0 Å². The van der Waals surface area contributed by atoms with Gasteiger partial charge in [-0.25, -0.2) is 4.98 Å². The molecule has 0 saturated carbocycles. The molecule has 4 N–H and O–H groups in total. The van der Waals surface area contributed by atoms with Crippen molar-refractivity contribution >= 4 is 22.5 Å². The summed E-state index contributed by atoms with van der Waals surface area (Å²) < 4.78 is 5.00. The molecule has 8 heteroatoms. The Morgan fingerprint density at radius 2 is 2.24 bits per heavy atom. The molecule has 2 aromatic heterocycles. The quantitative estimate of drug-likeness (QED) is 0.607. The van der Waals surface area contributed by atoms with Crippen LogP contribution < -0.4 is 16.6 Å². The van der Waals surface area contributed by atoms with E-state index in [2.05, 4.69) is 25.4 Å². The first-order valence-electron chi connectivity index (χ1n) is 6.44. The summed E-state index contributed by atoms with van der Waals surface area (Å²) in [6, 6.07) is 5.03. The molecule has 0 saturated heterocycles. The zero-order valence-electron chi connectivity index (χ0n) is 11.4. The van der Waals surface area contributed by atoms with Crippen molar-refractivity contribution in [1.29, 1.82) is 0 Å². The predicted molar refractivity (Wildman–Crippen MR) is 78.0 cm³/mol. The number of aromatic amines is 1. The summed E-state index contributed by atoms with van der Waals surface area (Å²) in [6.45, 7) is 2.28. The van der Waals surface area contributed by atoms with Gasteiger partial charge in [0.05, 0.1) is 10.9 Å². The Balaban J connectivity index is 1.75. The molecule has 0 amide bonds. The van der Waals surface area contributed by atoms with Gasteiger partial charge in [-0.15, -0.1) is 0 Å². The fraction of sp³-hybridized carbons (Fsp3) is 0.231. The minimum Gasteiger partial charge on any atom is -0.399 e. The first kappa shape index (κ1) is 13.1. The van der Waals surface area contributed by atoms with Crippen LogP contribution in [0.15, 0.2) is 27.5 Å². The van der Waals surface area contributed by atoms with Gasteiger partial charge in [0.15, 0.2) is 5.82 Å². The lowest BCUT2D eigenvalue weighted by Crippen LogP contribution is -2.15. The summed E-state index contributed by atoms with van der Waals surface area (Å²) in [7, 11) is 0. The molecule has 0 spiro atoms. The third kappa shape index (κ3) is 2.83. The Kier molecular flexibility index (Phi) is 3.27. The van der Waals surface area contributed by atoms with E-state index >= 15 is 0 Å². The Labute approximate surface area is 119 Å². The van der Waals surface area contributed by atoms with Crippen LogP contribution in [-0.2, 0) is 6.42 Å². The number of aromatic nitrogens is 4. The Hall–Kier alpha value is -2.90. The number of aryl methyl sites for hydroxylation is 1. The van der Waals surface area contributed by atoms with E-state index in [9.17, 15) is 4.79 Å². The molecule has 0 aliphatic rings. The van der Waals surface area contributed by atoms with E-state index in [1.165, 1.54) is 0 Å². The summed E-state index contributed by atoms with van der Waals surface area (Å²) in [5, 5.41) is 7.20. The van der Waals surface area contributed by atoms with Gasteiger partial charge in [-0.1, -0.05) is 5.16 Å². The molecule has 0 fully saturated rings. The second-order valence-electron chi connectivity index (χ2n) is 4.60. The average Bonchev–Trinajstić information content (AvgIpc) is 2.85. The minimum absolute atomic E-state index is 0.233. The molecule has 0 aliphatic carbocycles. The van der Waals surface area contributed by atoms with E-state index in [0.717, 1.165) is 0 Å². The Bertz CT molecular complexity index is 838. The highest BCUT2D eigenvalue weighted by Crippen LogP contribution is 2.12. The molecule has 108 valence electrons. The van der Waals surface area contributed by atoms with Crippen LogP contribution in [0.25, 0.3) is 10.9 Å². The fourth-order valence-electron chi connectivity index (χ4n) is 1.97. The highest BCUT2D eigenvalue weighted by molar-refractivity contribution is 5.81. The van der Waals surface area contributed by atoms with Crippen LogP contribution in [0.4, 0.5) is 11.6 Å². The number of nitrogens with zero attached hydrogens (tertiary/aromatic N) is 3. The maximum atomic E-state index is 12.0. The normalized spacial score (nSPS) is 10.9. The zero-order chi connectivity index (χ0) is 14.8. The molecule has 8 nitrogen and oxygen atoms in total. The van der Waals surface area contributed by atoms with Gasteiger partial charge in [-0.2, -0.15) is 4.98 Å². The minimum atomic E-state index is -0.233. The molecule has 21 heavy (non-hydrogen) atoms. The van der Waals surface area contributed by atoms with Gasteiger partial charge in [0.1, 0.15) is 0 Å². The number of anilines is 2. The van der Waals surface area contributed by atoms with Crippen LogP contribution in [0, 0.1) is 6.92 Å². The fourth-order valence-corrected chi connectivity index (χ4v) is 1.97. The molecular weight excluding hydrogens is 272 g/mol. The lowest BCUT2D eigenvalue weighted by atomic mass is 10.2. The van der Waals surface area contributed by atoms with Crippen LogP contribution in [0.3, 0.4) is 0 Å². The number of hydrogen-bond acceptors (Lipinski definition) is 7. The molecule has 0 atom stereocenters. The van der Waals surface area contributed by atoms with E-state index in [1.54, 1.807) is 25.1 Å². The molecule has 0 radical (unpaired) electrons. The van der Waals surface area contributed by atoms with E-state index in [0.29, 0.717) is 47.2 Å². The van der Waals surface area contributed by atoms with Gasteiger partial charge >= 0.3 is 0 Å². The summed E-state index contributed by atoms with van der Waals surface area (Å²) in [5.74, 6) is 1.53. The zero-order valence-corrected chi connectivity index (χ0v) is 11.4. The highest BCUT2D eigenvalue weighted by Gasteiger charge is 2.05. The summed E-state index contributed by atoms with van der Waals surface area (Å²) in [4.78, 5) is 23.0. The van der Waals surface area contributed by atoms with Crippen molar-refractivity contribution in [2.75, 3.05) is 17.6 Å². The number of hydrogen-bond donors (Lipinski definition) is 3. The van der Waals surface area contributed by atoms with Gasteiger partial charge in [-0.05, 0) is 25.1 Å². The predicted octanol–water partition coefficient (Wildman–Crippen LogP) is 0.851. The summed E-state index contributed by atoms with van der Waals surface area (Å²) in [6.07, 6.45) is 0.546. The summed E-state index contributed by atoms with van der Waals surface area (Å²) >= 11 is 0. The first-order chi connectivity index (χ1) is 10.1. The number of benzene rings is 1. The van der Waals surface area contributed by atoms with E-state index < -0.39 is 0 Å². The molecule has 3 aromatic rings. The van der Waals surface area contributed by atoms with Gasteiger partial charge in [-0.3, -0.25) is 9.78 Å². The number of H-pyrrole nitrogens is 1. The van der Waals surface area contributed by atoms with Gasteiger partial charge in [0.25, 0.3) is 5.56 Å². The lowest BCUT2D eigenvalue weighted by molar-refractivity contribution is 0.377. The third-order valence-electron chi connectivity index (χ3n) is 2.93. The van der Waals surface area contributed by atoms with E-state index in [1.807, 2.05) is 0 Å². The molecule has 2 heterocycles. The largest absolute Gasteiger partial charge is 0.399 e. The molecule has 3 rings (SSSR count). The van der Waals surface area contributed by atoms with Crippen LogP contribution in [-0.4, -0.2) is 26.7 Å². The molecule has 1 aromatic carbocycles. The number of nitrogen functional groups attached to an aromatic ring is 1. The molecule has 0 aliphatic heterocycles. The standard InChI is InChI=1S/C13H14N6O2/c1-7-16-11(21-19-7)4-5-15-13-17-10-3-2-8(14)6-9(10)12(20)18-13/h2-3,6H,4-5,14H2,1H3,(H2,15,17,18,20). The van der Waals surface area contributed by atoms with E-state index in [-0.39, 0.29) is 5.56 Å². The van der Waals surface area contributed by atoms with Crippen LogP contribution in [0.5, 0.6) is 0 Å². The number of nitrogens with one attached hydrogen (secondary N) is 2. The van der Waals surface area contributed by atoms with Crippen LogP contribution >= 0.6 is 0 Å². The van der Waals surface area contributed by atoms with Gasteiger partial charge < -0.3 is 15.6 Å². The number of nitrogens with two attached hydrogens (primary N) is 1. The van der Waals surface area contributed by atoms with Crippen molar-refractivity contribution in [3.05, 3.63) is 40.3 Å². The van der Waals surface area contributed by atoms with Crippen molar-refractivity contribution in [3.63, 3.8) is 0 Å². The van der Waals surface area contributed by atoms with Crippen LogP contribution in [0.1, 0.15) is 11.7 Å². The smallest absolute Gasteiger partial charge is 0.260 e. The van der Waals surface area contributed by atoms with Gasteiger partial charge in [0.2, 0.25) is 11.8 Å².